The molecule has 3 aliphatic heterocycles. The molecule has 0 saturated carbocycles. The highest BCUT2D eigenvalue weighted by Gasteiger charge is 2.55. The Hall–Kier alpha value is -3.27. The first-order chi connectivity index (χ1) is 14.3. The molecule has 11 heteroatoms. The number of halogens is 1. The number of carbonyl (C=O) groups is 3. The number of benzene rings is 1. The fourth-order valence-electron chi connectivity index (χ4n) is 3.83. The number of urea groups is 1. The number of hydrogen-bond donors (Lipinski definition) is 0. The van der Waals surface area contributed by atoms with Crippen LogP contribution in [0.3, 0.4) is 0 Å². The van der Waals surface area contributed by atoms with E-state index >= 15 is 0 Å². The third-order valence-electron chi connectivity index (χ3n) is 5.28. The van der Waals surface area contributed by atoms with Gasteiger partial charge in [0, 0.05) is 24.0 Å². The highest BCUT2D eigenvalue weighted by molar-refractivity contribution is 6.31. The quantitative estimate of drug-likeness (QED) is 0.663. The molecule has 3 amide bonds. The molecule has 2 unspecified atom stereocenters. The minimum absolute atomic E-state index is 0.459. The van der Waals surface area contributed by atoms with Crippen LogP contribution in [0, 0.1) is 0 Å². The number of amides is 3. The van der Waals surface area contributed by atoms with Crippen LogP contribution in [0.25, 0.3) is 0 Å². The second-order valence-corrected chi connectivity index (χ2v) is 7.45. The standard InChI is InChI=1S/C19H20ClN5O5/c1-10-8-23-15-16(22(2)19(28)24(17(15)27)9-14(26)30-4)21-18(23)25(10)12-7-11(20)5-6-13(12)29-3/h5-8,15-16H,9H2,1-4H3. The molecule has 1 aromatic carbocycles. The van der Waals surface area contributed by atoms with Crippen molar-refractivity contribution in [3.05, 3.63) is 35.1 Å². The van der Waals surface area contributed by atoms with Crippen LogP contribution in [-0.4, -0.2) is 78.6 Å². The Morgan fingerprint density at radius 2 is 2.00 bits per heavy atom. The number of carbonyl (C=O) groups excluding carboxylic acids is 3. The average molecular weight is 434 g/mol. The van der Waals surface area contributed by atoms with Crippen LogP contribution >= 0.6 is 11.6 Å². The topological polar surface area (TPSA) is 95.0 Å². The number of nitrogens with zero attached hydrogens (tertiary/aromatic N) is 5. The summed E-state index contributed by atoms with van der Waals surface area (Å²) in [5, 5.41) is 0.515. The van der Waals surface area contributed by atoms with Gasteiger partial charge in [-0.15, -0.1) is 0 Å². The second kappa shape index (κ2) is 7.21. The number of anilines is 1. The van der Waals surface area contributed by atoms with Crippen molar-refractivity contribution in [2.45, 2.75) is 19.1 Å². The van der Waals surface area contributed by atoms with Crippen LogP contribution in [0.1, 0.15) is 6.92 Å². The normalized spacial score (nSPS) is 22.7. The van der Waals surface area contributed by atoms with E-state index in [0.29, 0.717) is 22.4 Å². The lowest BCUT2D eigenvalue weighted by molar-refractivity contribution is -0.148. The van der Waals surface area contributed by atoms with Crippen LogP contribution in [0.15, 0.2) is 35.1 Å². The summed E-state index contributed by atoms with van der Waals surface area (Å²) >= 11 is 6.20. The Morgan fingerprint density at radius 1 is 1.27 bits per heavy atom. The molecule has 0 bridgehead atoms. The molecule has 3 aliphatic rings. The number of rotatable bonds is 4. The molecule has 1 saturated heterocycles. The Balaban J connectivity index is 1.73. The fraction of sp³-hybridized carbons (Fsp3) is 0.368. The predicted octanol–water partition coefficient (Wildman–Crippen LogP) is 1.46. The van der Waals surface area contributed by atoms with E-state index in [0.717, 1.165) is 10.6 Å². The van der Waals surface area contributed by atoms with E-state index in [9.17, 15) is 14.4 Å². The molecule has 158 valence electrons. The summed E-state index contributed by atoms with van der Waals surface area (Å²) in [7, 11) is 4.30. The SMILES string of the molecule is COC(=O)CN1C(=O)C2C(N=C3N(c4cc(Cl)ccc4OC)C(C)=CN32)N(C)C1=O. The van der Waals surface area contributed by atoms with Crippen LogP contribution in [0.2, 0.25) is 5.02 Å². The third kappa shape index (κ3) is 2.86. The fourth-order valence-corrected chi connectivity index (χ4v) is 4.00. The van der Waals surface area contributed by atoms with Gasteiger partial charge in [-0.05, 0) is 25.1 Å². The maximum absolute atomic E-state index is 13.1. The van der Waals surface area contributed by atoms with Crippen molar-refractivity contribution in [1.82, 2.24) is 14.7 Å². The van der Waals surface area contributed by atoms with Gasteiger partial charge in [-0.3, -0.25) is 19.4 Å². The summed E-state index contributed by atoms with van der Waals surface area (Å²) in [5.74, 6) is -0.150. The molecule has 1 fully saturated rings. The van der Waals surface area contributed by atoms with Gasteiger partial charge >= 0.3 is 12.0 Å². The minimum atomic E-state index is -0.794. The maximum atomic E-state index is 13.1. The van der Waals surface area contributed by atoms with Gasteiger partial charge < -0.3 is 19.3 Å². The molecule has 4 rings (SSSR count). The summed E-state index contributed by atoms with van der Waals surface area (Å²) in [6.07, 6.45) is 1.05. The van der Waals surface area contributed by atoms with Gasteiger partial charge in [0.2, 0.25) is 5.96 Å². The van der Waals surface area contributed by atoms with Gasteiger partial charge in [0.25, 0.3) is 5.91 Å². The lowest BCUT2D eigenvalue weighted by Crippen LogP contribution is -2.65. The van der Waals surface area contributed by atoms with E-state index in [1.165, 1.54) is 12.0 Å². The predicted molar refractivity (Wildman–Crippen MR) is 108 cm³/mol. The van der Waals surface area contributed by atoms with Crippen molar-refractivity contribution in [2.75, 3.05) is 32.7 Å². The number of fused-ring (bicyclic) bond motifs is 3. The Labute approximate surface area is 177 Å². The Kier molecular flexibility index (Phi) is 4.81. The summed E-state index contributed by atoms with van der Waals surface area (Å²) in [6.45, 7) is 1.41. The first kappa shape index (κ1) is 20.0. The van der Waals surface area contributed by atoms with Gasteiger partial charge in [0.1, 0.15) is 12.3 Å². The summed E-state index contributed by atoms with van der Waals surface area (Å²) in [4.78, 5) is 48.0. The van der Waals surface area contributed by atoms with Gasteiger partial charge in [0.05, 0.1) is 19.9 Å². The van der Waals surface area contributed by atoms with E-state index in [-0.39, 0.29) is 0 Å². The molecular formula is C19H20ClN5O5. The number of hydrogen-bond acceptors (Lipinski definition) is 8. The van der Waals surface area contributed by atoms with E-state index in [2.05, 4.69) is 9.73 Å². The Morgan fingerprint density at radius 3 is 2.67 bits per heavy atom. The van der Waals surface area contributed by atoms with Crippen LogP contribution in [0.5, 0.6) is 5.75 Å². The summed E-state index contributed by atoms with van der Waals surface area (Å²) in [5.41, 5.74) is 1.45. The molecule has 0 aliphatic carbocycles. The molecule has 10 nitrogen and oxygen atoms in total. The van der Waals surface area contributed by atoms with Crippen LogP contribution in [-0.2, 0) is 14.3 Å². The van der Waals surface area contributed by atoms with Crippen molar-refractivity contribution in [2.24, 2.45) is 4.99 Å². The zero-order valence-corrected chi connectivity index (χ0v) is 17.6. The molecule has 0 N–H and O–H groups in total. The molecule has 1 aromatic rings. The minimum Gasteiger partial charge on any atom is -0.495 e. The van der Waals surface area contributed by atoms with Gasteiger partial charge in [0.15, 0.2) is 12.2 Å². The molecular weight excluding hydrogens is 414 g/mol. The number of guanidine groups is 1. The first-order valence-electron chi connectivity index (χ1n) is 9.11. The lowest BCUT2D eigenvalue weighted by Gasteiger charge is -2.39. The number of ether oxygens (including phenoxy) is 2. The van der Waals surface area contributed by atoms with E-state index in [4.69, 9.17) is 16.3 Å². The van der Waals surface area contributed by atoms with Crippen molar-refractivity contribution in [3.63, 3.8) is 0 Å². The second-order valence-electron chi connectivity index (χ2n) is 7.01. The third-order valence-corrected chi connectivity index (χ3v) is 5.52. The number of allylic oxidation sites excluding steroid dienone is 1. The van der Waals surface area contributed by atoms with Crippen LogP contribution in [0.4, 0.5) is 10.5 Å². The molecule has 2 atom stereocenters. The van der Waals surface area contributed by atoms with Crippen molar-refractivity contribution >= 4 is 41.2 Å². The molecule has 0 spiro atoms. The number of methoxy groups -OCH3 is 2. The van der Waals surface area contributed by atoms with Crippen LogP contribution < -0.4 is 9.64 Å². The maximum Gasteiger partial charge on any atom is 0.328 e. The monoisotopic (exact) mass is 433 g/mol. The first-order valence-corrected chi connectivity index (χ1v) is 9.49. The number of likely N-dealkylation sites (N-methyl/N-ethyl adjacent to an activating group) is 1. The number of imide groups is 1. The molecule has 30 heavy (non-hydrogen) atoms. The number of esters is 1. The Bertz CT molecular complexity index is 1010. The smallest absolute Gasteiger partial charge is 0.328 e. The summed E-state index contributed by atoms with van der Waals surface area (Å²) in [6, 6.07) is 3.80. The highest BCUT2D eigenvalue weighted by Crippen LogP contribution is 2.40. The van der Waals surface area contributed by atoms with Crippen molar-refractivity contribution in [1.29, 1.82) is 0 Å². The zero-order valence-electron chi connectivity index (χ0n) is 16.8. The zero-order chi connectivity index (χ0) is 21.7. The molecule has 3 heterocycles. The highest BCUT2D eigenvalue weighted by atomic mass is 35.5. The van der Waals surface area contributed by atoms with Crippen molar-refractivity contribution < 1.29 is 23.9 Å². The van der Waals surface area contributed by atoms with E-state index < -0.39 is 36.7 Å². The lowest BCUT2D eigenvalue weighted by atomic mass is 10.1. The summed E-state index contributed by atoms with van der Waals surface area (Å²) < 4.78 is 10.1. The number of aliphatic imine (C=N–C) groups is 1. The average Bonchev–Trinajstić information content (AvgIpc) is 3.23. The van der Waals surface area contributed by atoms with Gasteiger partial charge in [-0.1, -0.05) is 11.6 Å². The van der Waals surface area contributed by atoms with Gasteiger partial charge in [-0.25, -0.2) is 9.79 Å². The molecule has 0 aromatic heterocycles. The van der Waals surface area contributed by atoms with E-state index in [1.807, 2.05) is 11.8 Å². The van der Waals surface area contributed by atoms with Gasteiger partial charge in [-0.2, -0.15) is 0 Å². The largest absolute Gasteiger partial charge is 0.495 e. The van der Waals surface area contributed by atoms with E-state index in [1.54, 1.807) is 43.5 Å². The van der Waals surface area contributed by atoms with Crippen molar-refractivity contribution in [3.8, 4) is 5.75 Å². The molecule has 0 radical (unpaired) electrons.